The van der Waals surface area contributed by atoms with Crippen molar-refractivity contribution in [2.24, 2.45) is 10.8 Å². The number of hydrogen-bond donors (Lipinski definition) is 0. The lowest BCUT2D eigenvalue weighted by molar-refractivity contribution is -0.203. The third-order valence-corrected chi connectivity index (χ3v) is 7.42. The van der Waals surface area contributed by atoms with Gasteiger partial charge in [0.05, 0.1) is 13.2 Å². The van der Waals surface area contributed by atoms with E-state index in [2.05, 4.69) is 27.0 Å². The Morgan fingerprint density at radius 1 is 0.781 bits per heavy atom. The minimum atomic E-state index is -0.680. The van der Waals surface area contributed by atoms with Crippen LogP contribution in [0.5, 0.6) is 0 Å². The average Bonchev–Trinajstić information content (AvgIpc) is 3.36. The van der Waals surface area contributed by atoms with Crippen molar-refractivity contribution in [3.8, 4) is 0 Å². The molecule has 0 aromatic heterocycles. The first-order chi connectivity index (χ1) is 14.9. The SMILES string of the molecule is C=C(C)C(=O)OCC1COC2(CC3(C)CC4(CC3(C)C2)OCC(COC(=O)C(=C)C)O4)O1. The van der Waals surface area contributed by atoms with Crippen LogP contribution in [0.4, 0.5) is 0 Å². The highest BCUT2D eigenvalue weighted by Crippen LogP contribution is 2.70. The van der Waals surface area contributed by atoms with Crippen LogP contribution in [-0.2, 0) is 38.0 Å². The van der Waals surface area contributed by atoms with Gasteiger partial charge in [-0.2, -0.15) is 0 Å². The topological polar surface area (TPSA) is 89.5 Å². The van der Waals surface area contributed by atoms with Gasteiger partial charge in [0.15, 0.2) is 11.6 Å². The molecule has 4 aliphatic rings. The summed E-state index contributed by atoms with van der Waals surface area (Å²) >= 11 is 0. The fraction of sp³-hybridized carbons (Fsp3) is 0.750. The fourth-order valence-electron chi connectivity index (χ4n) is 5.83. The normalized spacial score (nSPS) is 42.4. The summed E-state index contributed by atoms with van der Waals surface area (Å²) in [4.78, 5) is 23.4. The third kappa shape index (κ3) is 4.14. The minimum Gasteiger partial charge on any atom is -0.459 e. The predicted octanol–water partition coefficient (Wildman–Crippen LogP) is 3.05. The maximum atomic E-state index is 11.7. The Bertz CT molecular complexity index is 750. The van der Waals surface area contributed by atoms with Crippen molar-refractivity contribution >= 4 is 11.9 Å². The lowest BCUT2D eigenvalue weighted by Crippen LogP contribution is -2.36. The summed E-state index contributed by atoms with van der Waals surface area (Å²) in [6.07, 6.45) is 2.28. The van der Waals surface area contributed by atoms with Gasteiger partial charge in [-0.25, -0.2) is 9.59 Å². The quantitative estimate of drug-likeness (QED) is 0.451. The number of esters is 2. The molecule has 2 unspecified atom stereocenters. The second-order valence-electron chi connectivity index (χ2n) is 10.5. The zero-order valence-corrected chi connectivity index (χ0v) is 19.5. The summed E-state index contributed by atoms with van der Waals surface area (Å²) in [7, 11) is 0. The standard InChI is InChI=1S/C24H34O8/c1-15(2)19(25)27-7-17-9-29-23(31-17)11-21(5)13-24(14-22(21,6)12-23)30-10-18(32-24)8-28-20(26)16(3)4/h17-18H,1,3,7-14H2,2,4-6H3. The summed E-state index contributed by atoms with van der Waals surface area (Å²) in [5.74, 6) is -2.20. The van der Waals surface area contributed by atoms with Crippen LogP contribution in [-0.4, -0.2) is 62.1 Å². The van der Waals surface area contributed by atoms with Crippen molar-refractivity contribution in [1.82, 2.24) is 0 Å². The summed E-state index contributed by atoms with van der Waals surface area (Å²) in [6, 6.07) is 0. The number of fused-ring (bicyclic) bond motifs is 1. The van der Waals surface area contributed by atoms with Crippen molar-refractivity contribution in [3.63, 3.8) is 0 Å². The number of rotatable bonds is 6. The zero-order valence-electron chi connectivity index (χ0n) is 19.5. The largest absolute Gasteiger partial charge is 0.459 e. The van der Waals surface area contributed by atoms with Crippen molar-refractivity contribution in [2.45, 2.75) is 77.2 Å². The predicted molar refractivity (Wildman–Crippen MR) is 113 cm³/mol. The van der Waals surface area contributed by atoms with Gasteiger partial charge in [-0.1, -0.05) is 27.0 Å². The second kappa shape index (κ2) is 7.94. The molecule has 2 saturated carbocycles. The van der Waals surface area contributed by atoms with Gasteiger partial charge in [-0.15, -0.1) is 0 Å². The van der Waals surface area contributed by atoms with E-state index < -0.39 is 23.5 Å². The van der Waals surface area contributed by atoms with Gasteiger partial charge in [-0.05, 0) is 24.7 Å². The third-order valence-electron chi connectivity index (χ3n) is 7.42. The van der Waals surface area contributed by atoms with Crippen molar-refractivity contribution in [1.29, 1.82) is 0 Å². The lowest BCUT2D eigenvalue weighted by Gasteiger charge is -2.32. The minimum absolute atomic E-state index is 0.112. The molecule has 8 nitrogen and oxygen atoms in total. The first-order valence-electron chi connectivity index (χ1n) is 11.2. The Morgan fingerprint density at radius 3 is 1.44 bits per heavy atom. The highest BCUT2D eigenvalue weighted by Gasteiger charge is 2.71. The maximum absolute atomic E-state index is 11.7. The summed E-state index contributed by atoms with van der Waals surface area (Å²) < 4.78 is 35.4. The van der Waals surface area contributed by atoms with Crippen LogP contribution < -0.4 is 0 Å². The van der Waals surface area contributed by atoms with Gasteiger partial charge in [0.2, 0.25) is 0 Å². The first kappa shape index (κ1) is 23.4. The number of ether oxygens (including phenoxy) is 6. The molecule has 4 fully saturated rings. The molecule has 0 radical (unpaired) electrons. The van der Waals surface area contributed by atoms with E-state index in [1.807, 2.05) is 0 Å². The van der Waals surface area contributed by atoms with Crippen LogP contribution >= 0.6 is 0 Å². The van der Waals surface area contributed by atoms with Crippen molar-refractivity contribution in [2.75, 3.05) is 26.4 Å². The molecule has 2 heterocycles. The molecule has 0 N–H and O–H groups in total. The molecule has 32 heavy (non-hydrogen) atoms. The molecule has 2 aliphatic heterocycles. The first-order valence-corrected chi connectivity index (χ1v) is 11.2. The van der Waals surface area contributed by atoms with E-state index in [0.29, 0.717) is 50.0 Å². The monoisotopic (exact) mass is 450 g/mol. The van der Waals surface area contributed by atoms with Gasteiger partial charge in [0.25, 0.3) is 0 Å². The Balaban J connectivity index is 1.35. The van der Waals surface area contributed by atoms with E-state index in [0.717, 1.165) is 0 Å². The molecule has 0 aromatic carbocycles. The van der Waals surface area contributed by atoms with Crippen LogP contribution in [0.25, 0.3) is 0 Å². The smallest absolute Gasteiger partial charge is 0.333 e. The Morgan fingerprint density at radius 2 is 1.12 bits per heavy atom. The van der Waals surface area contributed by atoms with Crippen molar-refractivity contribution in [3.05, 3.63) is 24.3 Å². The summed E-state index contributed by atoms with van der Waals surface area (Å²) in [5, 5.41) is 0. The van der Waals surface area contributed by atoms with Gasteiger partial charge >= 0.3 is 11.9 Å². The molecule has 2 saturated heterocycles. The number of carbonyl (C=O) groups is 2. The second-order valence-corrected chi connectivity index (χ2v) is 10.5. The van der Waals surface area contributed by atoms with Gasteiger partial charge in [-0.3, -0.25) is 0 Å². The van der Waals surface area contributed by atoms with E-state index in [9.17, 15) is 9.59 Å². The highest BCUT2D eigenvalue weighted by molar-refractivity contribution is 5.87. The lowest BCUT2D eigenvalue weighted by atomic mass is 9.71. The van der Waals surface area contributed by atoms with E-state index in [-0.39, 0.29) is 36.3 Å². The molecule has 0 bridgehead atoms. The van der Waals surface area contributed by atoms with Crippen LogP contribution in [0.15, 0.2) is 24.3 Å². The van der Waals surface area contributed by atoms with Gasteiger partial charge in [0.1, 0.15) is 25.4 Å². The van der Waals surface area contributed by atoms with E-state index in [4.69, 9.17) is 28.4 Å². The molecular weight excluding hydrogens is 416 g/mol. The van der Waals surface area contributed by atoms with Crippen LogP contribution in [0, 0.1) is 10.8 Å². The molecule has 0 amide bonds. The van der Waals surface area contributed by atoms with E-state index in [1.165, 1.54) is 0 Å². The Kier molecular flexibility index (Phi) is 5.81. The maximum Gasteiger partial charge on any atom is 0.333 e. The van der Waals surface area contributed by atoms with Crippen LogP contribution in [0.1, 0.15) is 53.4 Å². The molecule has 2 spiro atoms. The number of carbonyl (C=O) groups excluding carboxylic acids is 2. The zero-order chi connectivity index (χ0) is 23.4. The number of hydrogen-bond acceptors (Lipinski definition) is 8. The molecular formula is C24H34O8. The van der Waals surface area contributed by atoms with Crippen LogP contribution in [0.3, 0.4) is 0 Å². The Hall–Kier alpha value is -1.74. The Labute approximate surface area is 189 Å². The van der Waals surface area contributed by atoms with Crippen molar-refractivity contribution < 1.29 is 38.0 Å². The van der Waals surface area contributed by atoms with E-state index in [1.54, 1.807) is 13.8 Å². The fourth-order valence-corrected chi connectivity index (χ4v) is 5.83. The van der Waals surface area contributed by atoms with Gasteiger partial charge < -0.3 is 28.4 Å². The molecule has 2 aliphatic carbocycles. The summed E-state index contributed by atoms with van der Waals surface area (Å²) in [6.45, 7) is 16.0. The molecule has 4 rings (SSSR count). The molecule has 0 aromatic rings. The van der Waals surface area contributed by atoms with Gasteiger partial charge in [0, 0.05) is 36.8 Å². The molecule has 2 atom stereocenters. The van der Waals surface area contributed by atoms with E-state index >= 15 is 0 Å². The van der Waals surface area contributed by atoms with Crippen LogP contribution in [0.2, 0.25) is 0 Å². The molecule has 8 heteroatoms. The highest BCUT2D eigenvalue weighted by atomic mass is 16.8. The summed E-state index contributed by atoms with van der Waals surface area (Å²) in [5.41, 5.74) is 0.506. The average molecular weight is 451 g/mol. The molecule has 178 valence electrons.